The molecule has 0 radical (unpaired) electrons. The molecule has 0 aliphatic rings. The topological polar surface area (TPSA) is 95.5 Å². The molecule has 0 aliphatic carbocycles. The molecular formula is C27H25F3N4O6. The maximum atomic E-state index is 13.9. The van der Waals surface area contributed by atoms with Crippen LogP contribution in [0, 0.1) is 0 Å². The zero-order valence-electron chi connectivity index (χ0n) is 21.7. The highest BCUT2D eigenvalue weighted by molar-refractivity contribution is 6.01. The Bertz CT molecular complexity index is 1460. The van der Waals surface area contributed by atoms with Crippen molar-refractivity contribution < 1.29 is 41.9 Å². The highest BCUT2D eigenvalue weighted by Crippen LogP contribution is 2.36. The van der Waals surface area contributed by atoms with Crippen molar-refractivity contribution in [3.8, 4) is 17.6 Å². The predicted molar refractivity (Wildman–Crippen MR) is 139 cm³/mol. The van der Waals surface area contributed by atoms with Crippen molar-refractivity contribution in [1.29, 1.82) is 0 Å². The number of carbonyl (C=O) groups is 1. The number of halogens is 3. The average molecular weight is 559 g/mol. The molecule has 0 spiro atoms. The number of alkyl halides is 3. The first-order valence-electron chi connectivity index (χ1n) is 11.8. The molecule has 10 nitrogen and oxygen atoms in total. The normalized spacial score (nSPS) is 11.2. The minimum absolute atomic E-state index is 0.0138. The number of ether oxygens (including phenoxy) is 3. The Labute approximate surface area is 227 Å². The minimum Gasteiger partial charge on any atom is -0.491 e. The molecule has 0 bridgehead atoms. The van der Waals surface area contributed by atoms with Gasteiger partial charge in [-0.05, 0) is 36.4 Å². The number of para-hydroxylation sites is 2. The van der Waals surface area contributed by atoms with E-state index in [0.29, 0.717) is 16.0 Å². The molecular weight excluding hydrogens is 533 g/mol. The van der Waals surface area contributed by atoms with Crippen molar-refractivity contribution in [1.82, 2.24) is 9.97 Å². The number of aromatic nitrogens is 2. The molecule has 40 heavy (non-hydrogen) atoms. The van der Waals surface area contributed by atoms with Gasteiger partial charge in [0.25, 0.3) is 5.88 Å². The van der Waals surface area contributed by atoms with Gasteiger partial charge in [-0.25, -0.2) is 4.79 Å². The second kappa shape index (κ2) is 12.5. The summed E-state index contributed by atoms with van der Waals surface area (Å²) in [6.07, 6.45) is -4.73. The molecule has 0 saturated heterocycles. The van der Waals surface area contributed by atoms with Crippen LogP contribution in [-0.2, 0) is 15.8 Å². The van der Waals surface area contributed by atoms with E-state index in [9.17, 15) is 18.0 Å². The third-order valence-corrected chi connectivity index (χ3v) is 5.44. The maximum absolute atomic E-state index is 13.9. The van der Waals surface area contributed by atoms with Crippen molar-refractivity contribution in [3.05, 3.63) is 78.4 Å². The van der Waals surface area contributed by atoms with Gasteiger partial charge in [-0.2, -0.15) is 28.2 Å². The van der Waals surface area contributed by atoms with Crippen LogP contribution in [0.5, 0.6) is 17.6 Å². The van der Waals surface area contributed by atoms with Crippen molar-refractivity contribution in [2.24, 2.45) is 0 Å². The summed E-state index contributed by atoms with van der Waals surface area (Å²) >= 11 is 0. The Balaban J connectivity index is 1.78. The van der Waals surface area contributed by atoms with Gasteiger partial charge >= 0.3 is 18.2 Å². The van der Waals surface area contributed by atoms with E-state index >= 15 is 0 Å². The first kappa shape index (κ1) is 28.4. The lowest BCUT2D eigenvalue weighted by molar-refractivity contribution is -0.137. The van der Waals surface area contributed by atoms with Crippen molar-refractivity contribution in [2.75, 3.05) is 44.7 Å². The van der Waals surface area contributed by atoms with Crippen molar-refractivity contribution >= 4 is 28.3 Å². The van der Waals surface area contributed by atoms with Gasteiger partial charge in [0.2, 0.25) is 0 Å². The molecule has 1 aromatic heterocycles. The highest BCUT2D eigenvalue weighted by atomic mass is 19.4. The fourth-order valence-electron chi connectivity index (χ4n) is 3.61. The number of fused-ring (bicyclic) bond motifs is 1. The fourth-order valence-corrected chi connectivity index (χ4v) is 3.61. The lowest BCUT2D eigenvalue weighted by Crippen LogP contribution is -2.45. The van der Waals surface area contributed by atoms with Crippen LogP contribution < -0.4 is 24.4 Å². The Morgan fingerprint density at radius 3 is 2.25 bits per heavy atom. The van der Waals surface area contributed by atoms with Gasteiger partial charge in [0.05, 0.1) is 48.7 Å². The van der Waals surface area contributed by atoms with E-state index in [1.165, 1.54) is 20.3 Å². The number of rotatable bonds is 10. The third kappa shape index (κ3) is 6.50. The van der Waals surface area contributed by atoms with Crippen molar-refractivity contribution in [3.63, 3.8) is 0 Å². The molecule has 0 atom stereocenters. The predicted octanol–water partition coefficient (Wildman–Crippen LogP) is 5.67. The number of benzene rings is 3. The zero-order valence-corrected chi connectivity index (χ0v) is 21.7. The molecule has 0 fully saturated rings. The number of urea groups is 1. The van der Waals surface area contributed by atoms with Gasteiger partial charge in [0.15, 0.2) is 0 Å². The lowest BCUT2D eigenvalue weighted by Gasteiger charge is -2.28. The smallest absolute Gasteiger partial charge is 0.416 e. The number of hydrogen-bond acceptors (Lipinski definition) is 8. The summed E-state index contributed by atoms with van der Waals surface area (Å²) < 4.78 is 56.7. The molecule has 0 saturated carbocycles. The number of carbonyl (C=O) groups excluding carboxylic acids is 1. The van der Waals surface area contributed by atoms with Crippen LogP contribution in [0.2, 0.25) is 0 Å². The van der Waals surface area contributed by atoms with Gasteiger partial charge in [-0.3, -0.25) is 4.84 Å². The second-order valence-corrected chi connectivity index (χ2v) is 8.07. The average Bonchev–Trinajstić information content (AvgIpc) is 2.96. The molecule has 1 heterocycles. The summed E-state index contributed by atoms with van der Waals surface area (Å²) in [6, 6.07) is 16.8. The number of methoxy groups -OCH3 is 2. The molecule has 4 rings (SSSR count). The Hall–Kier alpha value is -4.62. The number of hydrogen-bond donors (Lipinski definition) is 0. The molecule has 210 valence electrons. The SMILES string of the molecule is COCCOc1cc(N(OC)C(=O)N(Oc2nc(OC)nc3ccccc23)c2ccccc2)cc(C(F)(F)F)c1. The zero-order chi connectivity index (χ0) is 28.7. The summed E-state index contributed by atoms with van der Waals surface area (Å²) in [5, 5.41) is 1.93. The molecule has 13 heteroatoms. The molecule has 3 aromatic carbocycles. The molecule has 0 unspecified atom stereocenters. The number of hydroxylamine groups is 2. The van der Waals surface area contributed by atoms with E-state index in [2.05, 4.69) is 9.97 Å². The van der Waals surface area contributed by atoms with Crippen LogP contribution in [0.3, 0.4) is 0 Å². The Morgan fingerprint density at radius 1 is 0.850 bits per heavy atom. The Kier molecular flexibility index (Phi) is 8.86. The van der Waals surface area contributed by atoms with Crippen LogP contribution in [0.1, 0.15) is 5.56 Å². The van der Waals surface area contributed by atoms with Gasteiger partial charge < -0.3 is 19.0 Å². The molecule has 0 N–H and O–H groups in total. The third-order valence-electron chi connectivity index (χ3n) is 5.44. The fraction of sp³-hybridized carbons (Fsp3) is 0.222. The first-order chi connectivity index (χ1) is 19.2. The summed E-state index contributed by atoms with van der Waals surface area (Å²) in [6.45, 7) is 0.129. The number of anilines is 2. The van der Waals surface area contributed by atoms with Gasteiger partial charge in [-0.1, -0.05) is 30.3 Å². The van der Waals surface area contributed by atoms with E-state index in [4.69, 9.17) is 23.9 Å². The van der Waals surface area contributed by atoms with Crippen molar-refractivity contribution in [2.45, 2.75) is 6.18 Å². The maximum Gasteiger partial charge on any atom is 0.416 e. The highest BCUT2D eigenvalue weighted by Gasteiger charge is 2.34. The summed E-state index contributed by atoms with van der Waals surface area (Å²) in [5.41, 5.74) is -0.598. The first-order valence-corrected chi connectivity index (χ1v) is 11.8. The van der Waals surface area contributed by atoms with Gasteiger partial charge in [-0.15, -0.1) is 5.06 Å². The standard InChI is InChI=1S/C27H25F3N4O6/c1-36-13-14-39-21-16-18(27(28,29)30)15-20(17-21)33(38-3)26(35)34(19-9-5-4-6-10-19)40-24-22-11-7-8-12-23(22)31-25(32-24)37-2/h4-12,15-17H,13-14H2,1-3H3. The number of nitrogens with zero attached hydrogens (tertiary/aromatic N) is 4. The van der Waals surface area contributed by atoms with Crippen LogP contribution >= 0.6 is 0 Å². The molecule has 2 amide bonds. The quantitative estimate of drug-likeness (QED) is 0.182. The number of amides is 2. The van der Waals surface area contributed by atoms with Gasteiger partial charge in [0, 0.05) is 13.2 Å². The molecule has 4 aromatic rings. The second-order valence-electron chi connectivity index (χ2n) is 8.07. The van der Waals surface area contributed by atoms with Gasteiger partial charge in [0.1, 0.15) is 12.4 Å². The van der Waals surface area contributed by atoms with E-state index in [1.54, 1.807) is 54.6 Å². The van der Waals surface area contributed by atoms with E-state index < -0.39 is 17.8 Å². The largest absolute Gasteiger partial charge is 0.491 e. The van der Waals surface area contributed by atoms with E-state index in [-0.39, 0.29) is 42.2 Å². The summed E-state index contributed by atoms with van der Waals surface area (Å²) in [5.74, 6) is -0.182. The van der Waals surface area contributed by atoms with Crippen LogP contribution in [0.15, 0.2) is 72.8 Å². The van der Waals surface area contributed by atoms with Crippen LogP contribution in [0.4, 0.5) is 29.3 Å². The molecule has 0 aliphatic heterocycles. The van der Waals surface area contributed by atoms with E-state index in [1.807, 2.05) is 0 Å². The van der Waals surface area contributed by atoms with Crippen LogP contribution in [-0.4, -0.2) is 50.5 Å². The summed E-state index contributed by atoms with van der Waals surface area (Å²) in [4.78, 5) is 33.7. The van der Waals surface area contributed by atoms with E-state index in [0.717, 1.165) is 24.3 Å². The van der Waals surface area contributed by atoms with Crippen LogP contribution in [0.25, 0.3) is 10.9 Å². The Morgan fingerprint density at radius 2 is 1.57 bits per heavy atom. The monoisotopic (exact) mass is 558 g/mol. The summed E-state index contributed by atoms with van der Waals surface area (Å²) in [7, 11) is 3.94. The minimum atomic E-state index is -4.73. The lowest BCUT2D eigenvalue weighted by atomic mass is 10.1.